The van der Waals surface area contributed by atoms with E-state index in [0.29, 0.717) is 10.0 Å². The fourth-order valence-corrected chi connectivity index (χ4v) is 2.11. The van der Waals surface area contributed by atoms with E-state index in [9.17, 15) is 0 Å². The number of benzene rings is 1. The first-order chi connectivity index (χ1) is 8.72. The Morgan fingerprint density at radius 1 is 1.22 bits per heavy atom. The smallest absolute Gasteiger partial charge is 0.0978 e. The van der Waals surface area contributed by atoms with E-state index in [-0.39, 0.29) is 6.04 Å². The molecule has 0 aliphatic heterocycles. The fraction of sp³-hybridized carbons (Fsp3) is 0.333. The molecule has 0 amide bonds. The largest absolute Gasteiger partial charge is 0.320 e. The van der Waals surface area contributed by atoms with Crippen molar-refractivity contribution in [3.63, 3.8) is 0 Å². The Balaban J connectivity index is 2.30. The molecular weight excluding hydrogens is 271 g/mol. The number of hydrogen-bond acceptors (Lipinski definition) is 3. The number of halogens is 2. The van der Waals surface area contributed by atoms with Crippen LogP contribution in [-0.4, -0.2) is 28.6 Å². The monoisotopic (exact) mass is 284 g/mol. The van der Waals surface area contributed by atoms with Crippen molar-refractivity contribution < 1.29 is 0 Å². The normalized spacial score (nSPS) is 12.6. The highest BCUT2D eigenvalue weighted by Gasteiger charge is 2.15. The topological polar surface area (TPSA) is 42.7 Å². The van der Waals surface area contributed by atoms with Crippen molar-refractivity contribution >= 4 is 23.2 Å². The second kappa shape index (κ2) is 6.18. The highest BCUT2D eigenvalue weighted by molar-refractivity contribution is 6.42. The third-order valence-corrected chi connectivity index (χ3v) is 3.45. The summed E-state index contributed by atoms with van der Waals surface area (Å²) < 4.78 is 0. The highest BCUT2D eigenvalue weighted by Crippen LogP contribution is 2.28. The Hall–Kier alpha value is -1.10. The van der Waals surface area contributed by atoms with Crippen molar-refractivity contribution in [3.8, 4) is 0 Å². The van der Waals surface area contributed by atoms with E-state index >= 15 is 0 Å². The zero-order valence-electron chi connectivity index (χ0n) is 9.98. The molecule has 0 bridgehead atoms. The molecule has 1 atom stereocenters. The highest BCUT2D eigenvalue weighted by atomic mass is 35.5. The van der Waals surface area contributed by atoms with Gasteiger partial charge in [-0.3, -0.25) is 0 Å². The number of nitrogens with one attached hydrogen (secondary N) is 1. The summed E-state index contributed by atoms with van der Waals surface area (Å²) >= 11 is 12.0. The average molecular weight is 285 g/mol. The van der Waals surface area contributed by atoms with Crippen LogP contribution in [-0.2, 0) is 0 Å². The lowest BCUT2D eigenvalue weighted by atomic mass is 10.0. The summed E-state index contributed by atoms with van der Waals surface area (Å²) in [6, 6.07) is 5.68. The van der Waals surface area contributed by atoms with Gasteiger partial charge in [0.1, 0.15) is 0 Å². The molecular formula is C12H14Cl2N4. The van der Waals surface area contributed by atoms with Crippen LogP contribution in [0.2, 0.25) is 10.0 Å². The van der Waals surface area contributed by atoms with Crippen molar-refractivity contribution in [1.29, 1.82) is 0 Å². The SMILES string of the molecule is CNCCC(c1ccc(Cl)c(Cl)c1)n1nccn1. The maximum absolute atomic E-state index is 6.06. The maximum atomic E-state index is 6.06. The van der Waals surface area contributed by atoms with Crippen LogP contribution in [0.15, 0.2) is 30.6 Å². The summed E-state index contributed by atoms with van der Waals surface area (Å²) in [6.45, 7) is 0.868. The molecule has 0 spiro atoms. The predicted octanol–water partition coefficient (Wildman–Crippen LogP) is 2.78. The molecule has 0 saturated heterocycles. The van der Waals surface area contributed by atoms with Gasteiger partial charge >= 0.3 is 0 Å². The summed E-state index contributed by atoms with van der Waals surface area (Å²) in [6.07, 6.45) is 4.22. The zero-order valence-corrected chi connectivity index (χ0v) is 11.5. The number of hydrogen-bond donors (Lipinski definition) is 1. The van der Waals surface area contributed by atoms with Gasteiger partial charge < -0.3 is 5.32 Å². The molecule has 18 heavy (non-hydrogen) atoms. The van der Waals surface area contributed by atoms with Crippen LogP contribution in [0.5, 0.6) is 0 Å². The summed E-state index contributed by atoms with van der Waals surface area (Å²) in [7, 11) is 1.92. The Morgan fingerprint density at radius 3 is 2.56 bits per heavy atom. The zero-order chi connectivity index (χ0) is 13.0. The summed E-state index contributed by atoms with van der Waals surface area (Å²) in [5.74, 6) is 0. The van der Waals surface area contributed by atoms with Gasteiger partial charge in [0, 0.05) is 0 Å². The molecule has 1 unspecified atom stereocenters. The van der Waals surface area contributed by atoms with Crippen LogP contribution >= 0.6 is 23.2 Å². The molecule has 6 heteroatoms. The molecule has 4 nitrogen and oxygen atoms in total. The van der Waals surface area contributed by atoms with Crippen molar-refractivity contribution in [2.45, 2.75) is 12.5 Å². The lowest BCUT2D eigenvalue weighted by Crippen LogP contribution is -2.19. The van der Waals surface area contributed by atoms with E-state index in [1.165, 1.54) is 0 Å². The lowest BCUT2D eigenvalue weighted by molar-refractivity contribution is 0.430. The van der Waals surface area contributed by atoms with E-state index < -0.39 is 0 Å². The van der Waals surface area contributed by atoms with Gasteiger partial charge in [0.15, 0.2) is 0 Å². The Bertz CT molecular complexity index is 499. The van der Waals surface area contributed by atoms with Crippen molar-refractivity contribution in [2.75, 3.05) is 13.6 Å². The molecule has 1 aromatic carbocycles. The van der Waals surface area contributed by atoms with Gasteiger partial charge in [-0.1, -0.05) is 29.3 Å². The molecule has 96 valence electrons. The molecule has 0 aliphatic rings. The molecule has 1 aromatic heterocycles. The molecule has 0 saturated carbocycles. The molecule has 0 fully saturated rings. The van der Waals surface area contributed by atoms with Crippen LogP contribution < -0.4 is 5.32 Å². The molecule has 0 aliphatic carbocycles. The Kier molecular flexibility index (Phi) is 4.58. The minimum atomic E-state index is 0.0576. The summed E-state index contributed by atoms with van der Waals surface area (Å²) in [4.78, 5) is 1.69. The minimum absolute atomic E-state index is 0.0576. The standard InChI is InChI=1S/C12H14Cl2N4/c1-15-5-4-12(18-16-6-7-17-18)9-2-3-10(13)11(14)8-9/h2-3,6-8,12,15H,4-5H2,1H3. The van der Waals surface area contributed by atoms with E-state index in [0.717, 1.165) is 18.5 Å². The predicted molar refractivity (Wildman–Crippen MR) is 73.2 cm³/mol. The van der Waals surface area contributed by atoms with Crippen LogP contribution in [0, 0.1) is 0 Å². The fourth-order valence-electron chi connectivity index (χ4n) is 1.80. The third-order valence-electron chi connectivity index (χ3n) is 2.71. The van der Waals surface area contributed by atoms with E-state index in [1.807, 2.05) is 19.2 Å². The van der Waals surface area contributed by atoms with Gasteiger partial charge in [-0.25, -0.2) is 0 Å². The summed E-state index contributed by atoms with van der Waals surface area (Å²) in [5.41, 5.74) is 1.05. The Morgan fingerprint density at radius 2 is 1.94 bits per heavy atom. The van der Waals surface area contributed by atoms with E-state index in [1.54, 1.807) is 23.3 Å². The van der Waals surface area contributed by atoms with Gasteiger partial charge in [0.05, 0.1) is 28.5 Å². The average Bonchev–Trinajstić information content (AvgIpc) is 2.88. The quantitative estimate of drug-likeness (QED) is 0.918. The second-order valence-corrected chi connectivity index (χ2v) is 4.75. The lowest BCUT2D eigenvalue weighted by Gasteiger charge is -2.17. The van der Waals surface area contributed by atoms with E-state index in [2.05, 4.69) is 15.5 Å². The number of rotatable bonds is 5. The van der Waals surface area contributed by atoms with Crippen molar-refractivity contribution in [3.05, 3.63) is 46.2 Å². The van der Waals surface area contributed by atoms with Crippen LogP contribution in [0.3, 0.4) is 0 Å². The molecule has 1 heterocycles. The first-order valence-electron chi connectivity index (χ1n) is 5.67. The van der Waals surface area contributed by atoms with Crippen molar-refractivity contribution in [2.24, 2.45) is 0 Å². The van der Waals surface area contributed by atoms with E-state index in [4.69, 9.17) is 23.2 Å². The molecule has 0 radical (unpaired) electrons. The second-order valence-electron chi connectivity index (χ2n) is 3.93. The Labute approximate surface area is 116 Å². The molecule has 2 aromatic rings. The third kappa shape index (κ3) is 3.02. The van der Waals surface area contributed by atoms with Gasteiger partial charge in [-0.2, -0.15) is 15.0 Å². The van der Waals surface area contributed by atoms with Crippen LogP contribution in [0.25, 0.3) is 0 Å². The van der Waals surface area contributed by atoms with Crippen LogP contribution in [0.4, 0.5) is 0 Å². The van der Waals surface area contributed by atoms with Gasteiger partial charge in [0.25, 0.3) is 0 Å². The number of aromatic nitrogens is 3. The first-order valence-corrected chi connectivity index (χ1v) is 6.43. The van der Waals surface area contributed by atoms with Crippen molar-refractivity contribution in [1.82, 2.24) is 20.3 Å². The molecule has 2 rings (SSSR count). The number of nitrogens with zero attached hydrogens (tertiary/aromatic N) is 3. The van der Waals surface area contributed by atoms with Crippen LogP contribution in [0.1, 0.15) is 18.0 Å². The first kappa shape index (κ1) is 13.3. The van der Waals surface area contributed by atoms with Gasteiger partial charge in [-0.15, -0.1) is 0 Å². The van der Waals surface area contributed by atoms with Gasteiger partial charge in [0.2, 0.25) is 0 Å². The maximum Gasteiger partial charge on any atom is 0.0978 e. The minimum Gasteiger partial charge on any atom is -0.320 e. The molecule has 1 N–H and O–H groups in total. The summed E-state index contributed by atoms with van der Waals surface area (Å²) in [5, 5.41) is 12.6. The van der Waals surface area contributed by atoms with Gasteiger partial charge in [-0.05, 0) is 37.7 Å².